The Labute approximate surface area is 171 Å². The molecule has 3 aromatic carbocycles. The fourth-order valence-electron chi connectivity index (χ4n) is 4.39. The zero-order valence-electron chi connectivity index (χ0n) is 15.7. The van der Waals surface area contributed by atoms with E-state index in [1.165, 1.54) is 41.8 Å². The summed E-state index contributed by atoms with van der Waals surface area (Å²) < 4.78 is 0. The molecule has 0 spiro atoms. The summed E-state index contributed by atoms with van der Waals surface area (Å²) in [5.41, 5.74) is 0. The summed E-state index contributed by atoms with van der Waals surface area (Å²) in [6.07, 6.45) is 3.78. The number of benzene rings is 3. The molecule has 27 heavy (non-hydrogen) atoms. The summed E-state index contributed by atoms with van der Waals surface area (Å²) in [6, 6.07) is 33.3. The fraction of sp³-hybridized carbons (Fsp3) is 0.250. The molecule has 0 N–H and O–H groups in total. The predicted octanol–water partition coefficient (Wildman–Crippen LogP) is 4.92. The average molecular weight is 440 g/mol. The molecule has 0 aromatic heterocycles. The van der Waals surface area contributed by atoms with E-state index < -0.39 is 5.31 Å². The van der Waals surface area contributed by atoms with Crippen LogP contribution in [0.3, 0.4) is 0 Å². The Morgan fingerprint density at radius 2 is 1.00 bits per heavy atom. The standard InChI is InChI=1S/C24H27BrNP/c25-27(22-12-4-1-5-13-22,23-14-6-2-7-15-23,24-16-8-3-9-17-24)21-20-26-18-10-11-19-26/h1-9,12-17H,10-11,18-21H2. The van der Waals surface area contributed by atoms with Gasteiger partial charge in [0.05, 0.1) is 0 Å². The van der Waals surface area contributed by atoms with Crippen LogP contribution >= 0.6 is 20.8 Å². The molecule has 0 saturated carbocycles. The molecule has 0 aliphatic carbocycles. The van der Waals surface area contributed by atoms with Crippen LogP contribution in [-0.4, -0.2) is 30.7 Å². The van der Waals surface area contributed by atoms with Gasteiger partial charge in [0, 0.05) is 0 Å². The molecule has 0 unspecified atom stereocenters. The van der Waals surface area contributed by atoms with E-state index in [1.807, 2.05) is 0 Å². The summed E-state index contributed by atoms with van der Waals surface area (Å²) in [6.45, 7) is 3.59. The molecular formula is C24H27BrNP. The fourth-order valence-corrected chi connectivity index (χ4v) is 11.7. The van der Waals surface area contributed by atoms with Gasteiger partial charge in [0.2, 0.25) is 0 Å². The number of likely N-dealkylation sites (tertiary alicyclic amines) is 1. The molecular weight excluding hydrogens is 413 g/mol. The number of hydrogen-bond donors (Lipinski definition) is 0. The molecule has 140 valence electrons. The molecule has 1 saturated heterocycles. The van der Waals surface area contributed by atoms with Crippen LogP contribution < -0.4 is 15.9 Å². The van der Waals surface area contributed by atoms with E-state index in [4.69, 9.17) is 0 Å². The Morgan fingerprint density at radius 3 is 1.37 bits per heavy atom. The Balaban J connectivity index is 1.93. The molecule has 0 bridgehead atoms. The van der Waals surface area contributed by atoms with Crippen molar-refractivity contribution in [1.82, 2.24) is 4.90 Å². The summed E-state index contributed by atoms with van der Waals surface area (Å²) >= 11 is 4.53. The third-order valence-electron chi connectivity index (χ3n) is 5.92. The van der Waals surface area contributed by atoms with Gasteiger partial charge in [-0.15, -0.1) is 0 Å². The summed E-state index contributed by atoms with van der Waals surface area (Å²) in [5, 5.41) is 1.52. The summed E-state index contributed by atoms with van der Waals surface area (Å²) in [7, 11) is 0. The maximum atomic E-state index is 4.53. The Kier molecular flexibility index (Phi) is 5.50. The van der Waals surface area contributed by atoms with Gasteiger partial charge in [-0.25, -0.2) is 0 Å². The summed E-state index contributed by atoms with van der Waals surface area (Å²) in [4.78, 5) is 2.64. The van der Waals surface area contributed by atoms with Crippen LogP contribution in [0.15, 0.2) is 91.0 Å². The van der Waals surface area contributed by atoms with E-state index in [0.29, 0.717) is 0 Å². The van der Waals surface area contributed by atoms with Gasteiger partial charge in [0.25, 0.3) is 0 Å². The molecule has 4 rings (SSSR count). The minimum atomic E-state index is -2.73. The van der Waals surface area contributed by atoms with Gasteiger partial charge in [-0.05, 0) is 0 Å². The van der Waals surface area contributed by atoms with E-state index in [0.717, 1.165) is 12.7 Å². The molecule has 0 atom stereocenters. The number of rotatable bonds is 6. The topological polar surface area (TPSA) is 3.24 Å². The quantitative estimate of drug-likeness (QED) is 0.492. The maximum absolute atomic E-state index is 4.53. The molecule has 1 aliphatic rings. The van der Waals surface area contributed by atoms with Crippen molar-refractivity contribution in [3.05, 3.63) is 91.0 Å². The number of hydrogen-bond acceptors (Lipinski definition) is 1. The van der Waals surface area contributed by atoms with Gasteiger partial charge in [-0.1, -0.05) is 0 Å². The first kappa shape index (κ1) is 18.9. The third kappa shape index (κ3) is 3.40. The van der Waals surface area contributed by atoms with Crippen molar-refractivity contribution in [3.63, 3.8) is 0 Å². The first-order valence-electron chi connectivity index (χ1n) is 9.84. The van der Waals surface area contributed by atoms with E-state index in [2.05, 4.69) is 111 Å². The predicted molar refractivity (Wildman–Crippen MR) is 125 cm³/mol. The normalized spacial score (nSPS) is 16.7. The van der Waals surface area contributed by atoms with Crippen LogP contribution in [0.4, 0.5) is 0 Å². The SMILES string of the molecule is BrP(CCN1CCCC1)(c1ccccc1)(c1ccccc1)c1ccccc1. The van der Waals surface area contributed by atoms with Crippen molar-refractivity contribution >= 4 is 36.7 Å². The van der Waals surface area contributed by atoms with Crippen molar-refractivity contribution in [2.24, 2.45) is 0 Å². The molecule has 3 heteroatoms. The monoisotopic (exact) mass is 439 g/mol. The van der Waals surface area contributed by atoms with E-state index in [-0.39, 0.29) is 0 Å². The average Bonchev–Trinajstić information content (AvgIpc) is 3.28. The van der Waals surface area contributed by atoms with Crippen molar-refractivity contribution in [1.29, 1.82) is 0 Å². The van der Waals surface area contributed by atoms with E-state index >= 15 is 0 Å². The van der Waals surface area contributed by atoms with Crippen molar-refractivity contribution in [2.45, 2.75) is 12.8 Å². The zero-order valence-corrected chi connectivity index (χ0v) is 18.2. The first-order valence-corrected chi connectivity index (χ1v) is 14.3. The zero-order chi connectivity index (χ0) is 18.6. The first-order chi connectivity index (χ1) is 13.2. The van der Waals surface area contributed by atoms with Gasteiger partial charge in [-0.2, -0.15) is 0 Å². The van der Waals surface area contributed by atoms with Crippen LogP contribution in [0, 0.1) is 0 Å². The molecule has 1 nitrogen and oxygen atoms in total. The van der Waals surface area contributed by atoms with Crippen LogP contribution in [-0.2, 0) is 0 Å². The molecule has 1 heterocycles. The minimum absolute atomic E-state index is 1.11. The second-order valence-corrected chi connectivity index (χ2v) is 16.5. The van der Waals surface area contributed by atoms with Crippen molar-refractivity contribution in [2.75, 3.05) is 25.8 Å². The van der Waals surface area contributed by atoms with Crippen LogP contribution in [0.1, 0.15) is 12.8 Å². The number of nitrogens with zero attached hydrogens (tertiary/aromatic N) is 1. The molecule has 0 radical (unpaired) electrons. The molecule has 1 aliphatic heterocycles. The molecule has 1 fully saturated rings. The third-order valence-corrected chi connectivity index (χ3v) is 15.8. The van der Waals surface area contributed by atoms with E-state index in [1.54, 1.807) is 0 Å². The summed E-state index contributed by atoms with van der Waals surface area (Å²) in [5.74, 6) is 0. The second-order valence-electron chi connectivity index (χ2n) is 7.46. The van der Waals surface area contributed by atoms with Gasteiger partial charge in [0.1, 0.15) is 0 Å². The van der Waals surface area contributed by atoms with Gasteiger partial charge in [-0.3, -0.25) is 0 Å². The Bertz CT molecular complexity index is 761. The Morgan fingerprint density at radius 1 is 0.630 bits per heavy atom. The number of halogens is 1. The van der Waals surface area contributed by atoms with Gasteiger partial charge < -0.3 is 0 Å². The molecule has 3 aromatic rings. The van der Waals surface area contributed by atoms with Crippen LogP contribution in [0.25, 0.3) is 0 Å². The van der Waals surface area contributed by atoms with Crippen molar-refractivity contribution < 1.29 is 0 Å². The van der Waals surface area contributed by atoms with Crippen LogP contribution in [0.5, 0.6) is 0 Å². The van der Waals surface area contributed by atoms with Gasteiger partial charge in [0.15, 0.2) is 0 Å². The van der Waals surface area contributed by atoms with Gasteiger partial charge >= 0.3 is 171 Å². The van der Waals surface area contributed by atoms with Crippen LogP contribution in [0.2, 0.25) is 0 Å². The second kappa shape index (κ2) is 7.87. The van der Waals surface area contributed by atoms with Crippen molar-refractivity contribution in [3.8, 4) is 0 Å². The van der Waals surface area contributed by atoms with E-state index in [9.17, 15) is 0 Å². The molecule has 0 amide bonds. The Hall–Kier alpha value is -1.47.